The van der Waals surface area contributed by atoms with Gasteiger partial charge in [-0.15, -0.1) is 0 Å². The van der Waals surface area contributed by atoms with Crippen LogP contribution in [-0.2, 0) is 4.74 Å². The fourth-order valence-electron chi connectivity index (χ4n) is 1.45. The lowest BCUT2D eigenvalue weighted by atomic mass is 10.1. The van der Waals surface area contributed by atoms with E-state index in [-0.39, 0.29) is 11.3 Å². The van der Waals surface area contributed by atoms with E-state index in [1.54, 1.807) is 0 Å². The number of halogens is 1. The molecule has 1 aromatic rings. The van der Waals surface area contributed by atoms with Crippen LogP contribution in [0.4, 0.5) is 10.1 Å². The second-order valence-corrected chi connectivity index (χ2v) is 4.37. The molecule has 0 fully saturated rings. The highest BCUT2D eigenvalue weighted by molar-refractivity contribution is 5.95. The molecule has 0 saturated carbocycles. The van der Waals surface area contributed by atoms with Crippen LogP contribution in [0.25, 0.3) is 0 Å². The Bertz CT molecular complexity index is 391. The van der Waals surface area contributed by atoms with Crippen LogP contribution >= 0.6 is 0 Å². The molecule has 0 heterocycles. The summed E-state index contributed by atoms with van der Waals surface area (Å²) < 4.78 is 18.1. The molecule has 17 heavy (non-hydrogen) atoms. The van der Waals surface area contributed by atoms with Gasteiger partial charge in [0.05, 0.1) is 17.9 Å². The molecule has 1 rings (SSSR count). The molecule has 1 aromatic carbocycles. The van der Waals surface area contributed by atoms with Crippen molar-refractivity contribution < 1.29 is 13.9 Å². The van der Waals surface area contributed by atoms with Crippen LogP contribution in [0.5, 0.6) is 0 Å². The number of rotatable bonds is 5. The largest absolute Gasteiger partial charge is 0.462 e. The molecule has 0 atom stereocenters. The Kier molecular flexibility index (Phi) is 4.94. The van der Waals surface area contributed by atoms with E-state index in [0.717, 1.165) is 12.8 Å². The van der Waals surface area contributed by atoms with Gasteiger partial charge in [0.1, 0.15) is 5.82 Å². The first kappa shape index (κ1) is 13.5. The van der Waals surface area contributed by atoms with E-state index in [4.69, 9.17) is 10.5 Å². The number of carbonyl (C=O) groups excluding carboxylic acids is 1. The van der Waals surface area contributed by atoms with Crippen LogP contribution in [0.1, 0.15) is 37.0 Å². The van der Waals surface area contributed by atoms with Crippen LogP contribution in [0.2, 0.25) is 0 Å². The summed E-state index contributed by atoms with van der Waals surface area (Å²) in [5.74, 6) is -0.583. The van der Waals surface area contributed by atoms with Gasteiger partial charge in [-0.1, -0.05) is 19.9 Å². The first-order valence-corrected chi connectivity index (χ1v) is 5.73. The monoisotopic (exact) mass is 239 g/mol. The Morgan fingerprint density at radius 1 is 1.47 bits per heavy atom. The van der Waals surface area contributed by atoms with Crippen LogP contribution in [0, 0.1) is 11.7 Å². The fraction of sp³-hybridized carbons (Fsp3) is 0.462. The number of anilines is 1. The smallest absolute Gasteiger partial charge is 0.340 e. The van der Waals surface area contributed by atoms with E-state index in [2.05, 4.69) is 13.8 Å². The second-order valence-electron chi connectivity index (χ2n) is 4.37. The fourth-order valence-corrected chi connectivity index (χ4v) is 1.45. The predicted molar refractivity (Wildman–Crippen MR) is 65.2 cm³/mol. The average Bonchev–Trinajstić information content (AvgIpc) is 2.27. The van der Waals surface area contributed by atoms with E-state index in [1.165, 1.54) is 18.2 Å². The summed E-state index contributed by atoms with van der Waals surface area (Å²) in [6, 6.07) is 4.12. The van der Waals surface area contributed by atoms with Gasteiger partial charge in [-0.3, -0.25) is 0 Å². The highest BCUT2D eigenvalue weighted by atomic mass is 19.1. The van der Waals surface area contributed by atoms with E-state index in [1.807, 2.05) is 0 Å². The molecule has 94 valence electrons. The van der Waals surface area contributed by atoms with Gasteiger partial charge >= 0.3 is 5.97 Å². The number of para-hydroxylation sites is 1. The summed E-state index contributed by atoms with van der Waals surface area (Å²) in [4.78, 5) is 11.6. The normalized spacial score (nSPS) is 10.6. The molecule has 0 aliphatic rings. The van der Waals surface area contributed by atoms with Gasteiger partial charge in [0.15, 0.2) is 0 Å². The SMILES string of the molecule is CC(C)CCCOC(=O)c1cccc(F)c1N. The van der Waals surface area contributed by atoms with Crippen molar-refractivity contribution in [3.63, 3.8) is 0 Å². The van der Waals surface area contributed by atoms with Gasteiger partial charge in [0, 0.05) is 0 Å². The molecular weight excluding hydrogens is 221 g/mol. The van der Waals surface area contributed by atoms with Crippen LogP contribution < -0.4 is 5.73 Å². The third-order valence-electron chi connectivity index (χ3n) is 2.43. The Hall–Kier alpha value is -1.58. The van der Waals surface area contributed by atoms with Crippen molar-refractivity contribution in [1.82, 2.24) is 0 Å². The van der Waals surface area contributed by atoms with Gasteiger partial charge in [-0.25, -0.2) is 9.18 Å². The summed E-state index contributed by atoms with van der Waals surface area (Å²) in [6.07, 6.45) is 1.80. The number of nitrogens with two attached hydrogens (primary N) is 1. The Morgan fingerprint density at radius 3 is 2.82 bits per heavy atom. The zero-order valence-corrected chi connectivity index (χ0v) is 10.2. The minimum absolute atomic E-state index is 0.0922. The van der Waals surface area contributed by atoms with E-state index < -0.39 is 11.8 Å². The Morgan fingerprint density at radius 2 is 2.18 bits per heavy atom. The maximum absolute atomic E-state index is 13.1. The van der Waals surface area contributed by atoms with Crippen molar-refractivity contribution in [3.8, 4) is 0 Å². The number of ether oxygens (including phenoxy) is 1. The number of hydrogen-bond donors (Lipinski definition) is 1. The molecule has 0 bridgehead atoms. The zero-order chi connectivity index (χ0) is 12.8. The van der Waals surface area contributed by atoms with Gasteiger partial charge in [0.25, 0.3) is 0 Å². The Labute approximate surface area is 101 Å². The third-order valence-corrected chi connectivity index (χ3v) is 2.43. The van der Waals surface area contributed by atoms with Crippen molar-refractivity contribution >= 4 is 11.7 Å². The highest BCUT2D eigenvalue weighted by Crippen LogP contribution is 2.17. The molecule has 2 N–H and O–H groups in total. The second kappa shape index (κ2) is 6.23. The lowest BCUT2D eigenvalue weighted by Gasteiger charge is -2.08. The number of benzene rings is 1. The third kappa shape index (κ3) is 4.06. The lowest BCUT2D eigenvalue weighted by Crippen LogP contribution is -2.10. The van der Waals surface area contributed by atoms with E-state index in [0.29, 0.717) is 12.5 Å². The van der Waals surface area contributed by atoms with Crippen LogP contribution in [0.3, 0.4) is 0 Å². The molecule has 0 spiro atoms. The molecule has 3 nitrogen and oxygen atoms in total. The standard InChI is InChI=1S/C13H18FNO2/c1-9(2)5-4-8-17-13(16)10-6-3-7-11(14)12(10)15/h3,6-7,9H,4-5,8,15H2,1-2H3. The van der Waals surface area contributed by atoms with Crippen molar-refractivity contribution in [2.24, 2.45) is 5.92 Å². The average molecular weight is 239 g/mol. The van der Waals surface area contributed by atoms with Crippen molar-refractivity contribution in [2.75, 3.05) is 12.3 Å². The maximum atomic E-state index is 13.1. The van der Waals surface area contributed by atoms with Crippen molar-refractivity contribution in [1.29, 1.82) is 0 Å². The molecule has 0 aromatic heterocycles. The van der Waals surface area contributed by atoms with Crippen LogP contribution in [-0.4, -0.2) is 12.6 Å². The van der Waals surface area contributed by atoms with Crippen molar-refractivity contribution in [2.45, 2.75) is 26.7 Å². The van der Waals surface area contributed by atoms with Crippen LogP contribution in [0.15, 0.2) is 18.2 Å². The maximum Gasteiger partial charge on any atom is 0.340 e. The first-order valence-electron chi connectivity index (χ1n) is 5.73. The minimum Gasteiger partial charge on any atom is -0.462 e. The predicted octanol–water partition coefficient (Wildman–Crippen LogP) is 3.00. The number of nitrogen functional groups attached to an aromatic ring is 1. The summed E-state index contributed by atoms with van der Waals surface area (Å²) in [5.41, 5.74) is 5.40. The summed E-state index contributed by atoms with van der Waals surface area (Å²) in [7, 11) is 0. The van der Waals surface area contributed by atoms with Gasteiger partial charge in [0.2, 0.25) is 0 Å². The molecule has 0 aliphatic heterocycles. The molecular formula is C13H18FNO2. The molecule has 0 radical (unpaired) electrons. The van der Waals surface area contributed by atoms with E-state index >= 15 is 0 Å². The van der Waals surface area contributed by atoms with E-state index in [9.17, 15) is 9.18 Å². The minimum atomic E-state index is -0.596. The molecule has 0 saturated heterocycles. The number of carbonyl (C=O) groups is 1. The van der Waals surface area contributed by atoms with Gasteiger partial charge in [-0.2, -0.15) is 0 Å². The molecule has 0 aliphatic carbocycles. The zero-order valence-electron chi connectivity index (χ0n) is 10.2. The summed E-state index contributed by atoms with van der Waals surface area (Å²) in [5, 5.41) is 0. The van der Waals surface area contributed by atoms with Gasteiger partial charge < -0.3 is 10.5 Å². The van der Waals surface area contributed by atoms with Crippen molar-refractivity contribution in [3.05, 3.63) is 29.6 Å². The molecule has 4 heteroatoms. The number of esters is 1. The summed E-state index contributed by atoms with van der Waals surface area (Å²) >= 11 is 0. The highest BCUT2D eigenvalue weighted by Gasteiger charge is 2.13. The topological polar surface area (TPSA) is 52.3 Å². The molecule has 0 amide bonds. The lowest BCUT2D eigenvalue weighted by molar-refractivity contribution is 0.0495. The number of hydrogen-bond acceptors (Lipinski definition) is 3. The van der Waals surface area contributed by atoms with Gasteiger partial charge in [-0.05, 0) is 30.9 Å². The first-order chi connectivity index (χ1) is 8.02. The quantitative estimate of drug-likeness (QED) is 0.488. The summed E-state index contributed by atoms with van der Waals surface area (Å²) in [6.45, 7) is 4.55. The Balaban J connectivity index is 2.50. The molecule has 0 unspecified atom stereocenters.